The molecule has 1 aromatic carbocycles. The van der Waals surface area contributed by atoms with Crippen LogP contribution in [0.15, 0.2) is 42.6 Å². The molecule has 0 N–H and O–H groups in total. The van der Waals surface area contributed by atoms with E-state index in [2.05, 4.69) is 37.0 Å². The molecule has 2 rings (SSSR count). The number of ether oxygens (including phenoxy) is 1. The zero-order valence-electron chi connectivity index (χ0n) is 11.2. The molecule has 18 heavy (non-hydrogen) atoms. The first-order chi connectivity index (χ1) is 8.76. The monoisotopic (exact) mass is 241 g/mol. The predicted molar refractivity (Wildman–Crippen MR) is 74.9 cm³/mol. The third-order valence-corrected chi connectivity index (χ3v) is 3.32. The zero-order valence-corrected chi connectivity index (χ0v) is 11.2. The van der Waals surface area contributed by atoms with E-state index in [9.17, 15) is 0 Å². The Bertz CT molecular complexity index is 505. The van der Waals surface area contributed by atoms with Gasteiger partial charge in [-0.25, -0.2) is 0 Å². The van der Waals surface area contributed by atoms with Gasteiger partial charge in [-0.3, -0.25) is 4.98 Å². The molecule has 1 aromatic heterocycles. The van der Waals surface area contributed by atoms with Crippen LogP contribution in [0.25, 0.3) is 11.1 Å². The van der Waals surface area contributed by atoms with E-state index in [1.807, 2.05) is 24.4 Å². The number of rotatable bonds is 4. The summed E-state index contributed by atoms with van der Waals surface area (Å²) in [4.78, 5) is 4.54. The summed E-state index contributed by atoms with van der Waals surface area (Å²) in [7, 11) is 1.68. The van der Waals surface area contributed by atoms with E-state index < -0.39 is 0 Å². The van der Waals surface area contributed by atoms with Crippen molar-refractivity contribution in [1.29, 1.82) is 0 Å². The molecule has 0 aliphatic rings. The zero-order chi connectivity index (χ0) is 13.0. The minimum absolute atomic E-state index is 0.475. The molecule has 2 aromatic rings. The SMILES string of the molecule is CCC(C)c1ncccc1-c1ccc(OC)cc1. The van der Waals surface area contributed by atoms with Gasteiger partial charge in [0.1, 0.15) is 5.75 Å². The standard InChI is InChI=1S/C16H19NO/c1-4-12(2)16-15(6-5-11-17-16)13-7-9-14(18-3)10-8-13/h5-12H,4H2,1-3H3. The van der Waals surface area contributed by atoms with Gasteiger partial charge in [0.2, 0.25) is 0 Å². The van der Waals surface area contributed by atoms with Crippen molar-refractivity contribution in [2.45, 2.75) is 26.2 Å². The maximum Gasteiger partial charge on any atom is 0.118 e. The maximum absolute atomic E-state index is 5.19. The van der Waals surface area contributed by atoms with E-state index in [1.165, 1.54) is 16.8 Å². The minimum atomic E-state index is 0.475. The normalized spacial score (nSPS) is 12.2. The van der Waals surface area contributed by atoms with Crippen LogP contribution in [0.4, 0.5) is 0 Å². The van der Waals surface area contributed by atoms with Crippen LogP contribution in [0.3, 0.4) is 0 Å². The van der Waals surface area contributed by atoms with Crippen LogP contribution in [0, 0.1) is 0 Å². The molecule has 1 heterocycles. The first-order valence-corrected chi connectivity index (χ1v) is 6.35. The van der Waals surface area contributed by atoms with Gasteiger partial charge in [0.15, 0.2) is 0 Å². The average molecular weight is 241 g/mol. The Morgan fingerprint density at radius 3 is 2.50 bits per heavy atom. The van der Waals surface area contributed by atoms with Crippen LogP contribution in [-0.4, -0.2) is 12.1 Å². The molecule has 0 spiro atoms. The van der Waals surface area contributed by atoms with Gasteiger partial charge < -0.3 is 4.74 Å². The summed E-state index contributed by atoms with van der Waals surface area (Å²) in [5, 5.41) is 0. The Morgan fingerprint density at radius 1 is 1.17 bits per heavy atom. The molecule has 1 unspecified atom stereocenters. The number of hydrogen-bond acceptors (Lipinski definition) is 2. The summed E-state index contributed by atoms with van der Waals surface area (Å²) in [6.07, 6.45) is 2.97. The van der Waals surface area contributed by atoms with Gasteiger partial charge in [-0.15, -0.1) is 0 Å². The van der Waals surface area contributed by atoms with Crippen molar-refractivity contribution < 1.29 is 4.74 Å². The Labute approximate surface area is 109 Å². The largest absolute Gasteiger partial charge is 0.497 e. The van der Waals surface area contributed by atoms with Gasteiger partial charge in [-0.2, -0.15) is 0 Å². The third kappa shape index (κ3) is 2.53. The first kappa shape index (κ1) is 12.6. The van der Waals surface area contributed by atoms with Crippen molar-refractivity contribution >= 4 is 0 Å². The predicted octanol–water partition coefficient (Wildman–Crippen LogP) is 4.27. The highest BCUT2D eigenvalue weighted by Crippen LogP contribution is 2.29. The molecule has 0 saturated heterocycles. The third-order valence-electron chi connectivity index (χ3n) is 3.32. The molecule has 0 bridgehead atoms. The van der Waals surface area contributed by atoms with Gasteiger partial charge >= 0.3 is 0 Å². The van der Waals surface area contributed by atoms with E-state index >= 15 is 0 Å². The quantitative estimate of drug-likeness (QED) is 0.797. The first-order valence-electron chi connectivity index (χ1n) is 6.35. The van der Waals surface area contributed by atoms with Crippen LogP contribution in [0.1, 0.15) is 31.9 Å². The molecule has 0 amide bonds. The van der Waals surface area contributed by atoms with Crippen LogP contribution in [0.5, 0.6) is 5.75 Å². The van der Waals surface area contributed by atoms with Gasteiger partial charge in [0, 0.05) is 11.8 Å². The van der Waals surface area contributed by atoms with Crippen molar-refractivity contribution in [1.82, 2.24) is 4.98 Å². The number of aromatic nitrogens is 1. The lowest BCUT2D eigenvalue weighted by Crippen LogP contribution is -1.98. The molecule has 1 atom stereocenters. The fourth-order valence-corrected chi connectivity index (χ4v) is 2.02. The number of methoxy groups -OCH3 is 1. The Hall–Kier alpha value is -1.83. The molecule has 0 aliphatic carbocycles. The molecule has 0 saturated carbocycles. The molecule has 0 fully saturated rings. The summed E-state index contributed by atoms with van der Waals surface area (Å²) in [5.74, 6) is 1.36. The van der Waals surface area contributed by atoms with Crippen molar-refractivity contribution in [2.75, 3.05) is 7.11 Å². The highest BCUT2D eigenvalue weighted by atomic mass is 16.5. The number of benzene rings is 1. The summed E-state index contributed by atoms with van der Waals surface area (Å²) < 4.78 is 5.19. The molecule has 2 heteroatoms. The van der Waals surface area contributed by atoms with Crippen molar-refractivity contribution in [3.8, 4) is 16.9 Å². The molecular formula is C16H19NO. The highest BCUT2D eigenvalue weighted by Gasteiger charge is 2.11. The Kier molecular flexibility index (Phi) is 3.98. The van der Waals surface area contributed by atoms with Gasteiger partial charge in [0.05, 0.1) is 12.8 Å². The van der Waals surface area contributed by atoms with Crippen molar-refractivity contribution in [3.63, 3.8) is 0 Å². The topological polar surface area (TPSA) is 22.1 Å². The summed E-state index contributed by atoms with van der Waals surface area (Å²) in [5.41, 5.74) is 3.58. The molecule has 2 nitrogen and oxygen atoms in total. The number of pyridine rings is 1. The van der Waals surface area contributed by atoms with Crippen molar-refractivity contribution in [2.24, 2.45) is 0 Å². The second kappa shape index (κ2) is 5.67. The number of hydrogen-bond donors (Lipinski definition) is 0. The van der Waals surface area contributed by atoms with Gasteiger partial charge in [-0.1, -0.05) is 32.0 Å². The Morgan fingerprint density at radius 2 is 1.89 bits per heavy atom. The Balaban J connectivity index is 2.43. The fraction of sp³-hybridized carbons (Fsp3) is 0.312. The highest BCUT2D eigenvalue weighted by molar-refractivity contribution is 5.67. The van der Waals surface area contributed by atoms with Gasteiger partial charge in [0.25, 0.3) is 0 Å². The molecule has 0 aliphatic heterocycles. The lowest BCUT2D eigenvalue weighted by molar-refractivity contribution is 0.415. The van der Waals surface area contributed by atoms with E-state index in [-0.39, 0.29) is 0 Å². The van der Waals surface area contributed by atoms with Crippen LogP contribution < -0.4 is 4.74 Å². The smallest absolute Gasteiger partial charge is 0.118 e. The lowest BCUT2D eigenvalue weighted by Gasteiger charge is -2.13. The summed E-state index contributed by atoms with van der Waals surface area (Å²) in [6.45, 7) is 4.41. The van der Waals surface area contributed by atoms with Gasteiger partial charge in [-0.05, 0) is 36.1 Å². The second-order valence-corrected chi connectivity index (χ2v) is 4.47. The summed E-state index contributed by atoms with van der Waals surface area (Å²) >= 11 is 0. The fourth-order valence-electron chi connectivity index (χ4n) is 2.02. The molecular weight excluding hydrogens is 222 g/mol. The molecule has 0 radical (unpaired) electrons. The van der Waals surface area contributed by atoms with E-state index in [1.54, 1.807) is 7.11 Å². The van der Waals surface area contributed by atoms with E-state index in [4.69, 9.17) is 4.74 Å². The lowest BCUT2D eigenvalue weighted by atomic mass is 9.95. The van der Waals surface area contributed by atoms with Crippen LogP contribution in [0.2, 0.25) is 0 Å². The van der Waals surface area contributed by atoms with Crippen molar-refractivity contribution in [3.05, 3.63) is 48.3 Å². The van der Waals surface area contributed by atoms with E-state index in [0.717, 1.165) is 12.2 Å². The molecule has 94 valence electrons. The van der Waals surface area contributed by atoms with Crippen LogP contribution >= 0.6 is 0 Å². The van der Waals surface area contributed by atoms with E-state index in [0.29, 0.717) is 5.92 Å². The number of nitrogens with zero attached hydrogens (tertiary/aromatic N) is 1. The summed E-state index contributed by atoms with van der Waals surface area (Å²) in [6, 6.07) is 12.3. The minimum Gasteiger partial charge on any atom is -0.497 e. The second-order valence-electron chi connectivity index (χ2n) is 4.47. The average Bonchev–Trinajstić information content (AvgIpc) is 2.46. The van der Waals surface area contributed by atoms with Crippen LogP contribution in [-0.2, 0) is 0 Å². The maximum atomic E-state index is 5.19.